The van der Waals surface area contributed by atoms with Crippen LogP contribution in [0.4, 0.5) is 0 Å². The second kappa shape index (κ2) is 16.0. The Hall–Kier alpha value is 0.540. The quantitative estimate of drug-likeness (QED) is 0.544. The fourth-order valence-electron chi connectivity index (χ4n) is 4.29. The van der Waals surface area contributed by atoms with E-state index in [1.807, 2.05) is 0 Å². The Morgan fingerprint density at radius 1 is 0.348 bits per heavy atom. The summed E-state index contributed by atoms with van der Waals surface area (Å²) in [7, 11) is 0. The third kappa shape index (κ3) is 11.7. The van der Waals surface area contributed by atoms with E-state index in [4.69, 9.17) is 0 Å². The molecule has 0 aromatic carbocycles. The molecule has 0 saturated heterocycles. The minimum absolute atomic E-state index is 0. The molecule has 2 rings (SSSR count). The summed E-state index contributed by atoms with van der Waals surface area (Å²) in [6.07, 6.45) is 26.4. The van der Waals surface area contributed by atoms with E-state index in [2.05, 4.69) is 5.32 Å². The standard InChI is InChI=1S/C20H39N.2ClH/c1-3-7-11-15-19(16-12-8-4-1)21-20-17-13-9-5-2-6-10-14-18-20;;/h19-21H,1-18H2;2*1H. The molecule has 2 fully saturated rings. The summed E-state index contributed by atoms with van der Waals surface area (Å²) in [6.45, 7) is 0. The Labute approximate surface area is 158 Å². The van der Waals surface area contributed by atoms with Gasteiger partial charge in [-0.3, -0.25) is 0 Å². The van der Waals surface area contributed by atoms with Crippen LogP contribution in [0.1, 0.15) is 116 Å². The fourth-order valence-corrected chi connectivity index (χ4v) is 4.29. The Balaban J connectivity index is 0.00000242. The summed E-state index contributed by atoms with van der Waals surface area (Å²) in [6, 6.07) is 1.66. The molecule has 0 atom stereocenters. The number of hydrogen-bond acceptors (Lipinski definition) is 1. The van der Waals surface area contributed by atoms with Crippen LogP contribution in [0.2, 0.25) is 0 Å². The van der Waals surface area contributed by atoms with E-state index in [1.165, 1.54) is 116 Å². The highest BCUT2D eigenvalue weighted by Gasteiger charge is 2.16. The first kappa shape index (κ1) is 23.5. The molecule has 0 aromatic heterocycles. The Bertz CT molecular complexity index is 204. The average Bonchev–Trinajstić information content (AvgIpc) is 2.52. The lowest BCUT2D eigenvalue weighted by molar-refractivity contribution is 0.321. The molecule has 0 bridgehead atoms. The molecule has 2 saturated carbocycles. The predicted octanol–water partition coefficient (Wildman–Crippen LogP) is 7.21. The zero-order valence-corrected chi connectivity index (χ0v) is 16.8. The third-order valence-electron chi connectivity index (χ3n) is 5.68. The molecule has 0 aromatic rings. The molecular formula is C20H41Cl2N. The highest BCUT2D eigenvalue weighted by Crippen LogP contribution is 2.21. The van der Waals surface area contributed by atoms with E-state index in [0.29, 0.717) is 0 Å². The molecule has 2 aliphatic rings. The maximum atomic E-state index is 4.09. The van der Waals surface area contributed by atoms with Gasteiger partial charge in [-0.2, -0.15) is 0 Å². The summed E-state index contributed by atoms with van der Waals surface area (Å²) >= 11 is 0. The van der Waals surface area contributed by atoms with Crippen LogP contribution in [-0.4, -0.2) is 12.1 Å². The maximum Gasteiger partial charge on any atom is 0.00696 e. The van der Waals surface area contributed by atoms with Gasteiger partial charge >= 0.3 is 0 Å². The first-order valence-electron chi connectivity index (χ1n) is 10.2. The molecule has 23 heavy (non-hydrogen) atoms. The van der Waals surface area contributed by atoms with Gasteiger partial charge in [0.1, 0.15) is 0 Å². The van der Waals surface area contributed by atoms with Crippen molar-refractivity contribution in [2.45, 2.75) is 128 Å². The van der Waals surface area contributed by atoms with Gasteiger partial charge in [0, 0.05) is 12.1 Å². The van der Waals surface area contributed by atoms with Gasteiger partial charge in [0.15, 0.2) is 0 Å². The second-order valence-electron chi connectivity index (χ2n) is 7.66. The highest BCUT2D eigenvalue weighted by atomic mass is 35.5. The Morgan fingerprint density at radius 2 is 0.565 bits per heavy atom. The monoisotopic (exact) mass is 365 g/mol. The fraction of sp³-hybridized carbons (Fsp3) is 1.00. The van der Waals surface area contributed by atoms with E-state index < -0.39 is 0 Å². The first-order chi connectivity index (χ1) is 10.4. The third-order valence-corrected chi connectivity index (χ3v) is 5.68. The van der Waals surface area contributed by atoms with Crippen molar-refractivity contribution in [3.63, 3.8) is 0 Å². The highest BCUT2D eigenvalue weighted by molar-refractivity contribution is 5.85. The molecule has 0 unspecified atom stereocenters. The smallest absolute Gasteiger partial charge is 0.00696 e. The zero-order chi connectivity index (χ0) is 14.6. The molecule has 0 amide bonds. The molecule has 2 aliphatic carbocycles. The van der Waals surface area contributed by atoms with Crippen LogP contribution >= 0.6 is 24.8 Å². The van der Waals surface area contributed by atoms with Crippen molar-refractivity contribution < 1.29 is 0 Å². The number of nitrogens with one attached hydrogen (secondary N) is 1. The van der Waals surface area contributed by atoms with Gasteiger partial charge in [-0.1, -0.05) is 89.9 Å². The van der Waals surface area contributed by atoms with E-state index in [-0.39, 0.29) is 24.8 Å². The van der Waals surface area contributed by atoms with Gasteiger partial charge in [0.05, 0.1) is 0 Å². The van der Waals surface area contributed by atoms with Gasteiger partial charge in [-0.15, -0.1) is 24.8 Å². The van der Waals surface area contributed by atoms with Gasteiger partial charge in [-0.05, 0) is 25.7 Å². The lowest BCUT2D eigenvalue weighted by atomic mass is 9.94. The summed E-state index contributed by atoms with van der Waals surface area (Å²) in [5, 5.41) is 4.09. The summed E-state index contributed by atoms with van der Waals surface area (Å²) in [4.78, 5) is 0. The number of hydrogen-bond donors (Lipinski definition) is 1. The van der Waals surface area contributed by atoms with Gasteiger partial charge in [-0.25, -0.2) is 0 Å². The van der Waals surface area contributed by atoms with Crippen molar-refractivity contribution in [1.29, 1.82) is 0 Å². The van der Waals surface area contributed by atoms with Crippen molar-refractivity contribution in [3.05, 3.63) is 0 Å². The first-order valence-corrected chi connectivity index (χ1v) is 10.2. The minimum Gasteiger partial charge on any atom is -0.311 e. The largest absolute Gasteiger partial charge is 0.311 e. The summed E-state index contributed by atoms with van der Waals surface area (Å²) in [5.74, 6) is 0. The van der Waals surface area contributed by atoms with Crippen molar-refractivity contribution in [2.75, 3.05) is 0 Å². The van der Waals surface area contributed by atoms with Crippen molar-refractivity contribution in [1.82, 2.24) is 5.32 Å². The Kier molecular flexibility index (Phi) is 16.4. The normalized spacial score (nSPS) is 24.0. The summed E-state index contributed by atoms with van der Waals surface area (Å²) in [5.41, 5.74) is 0. The molecular weight excluding hydrogens is 325 g/mol. The van der Waals surface area contributed by atoms with E-state index >= 15 is 0 Å². The van der Waals surface area contributed by atoms with Crippen LogP contribution in [0.25, 0.3) is 0 Å². The van der Waals surface area contributed by atoms with Crippen LogP contribution in [0.3, 0.4) is 0 Å². The van der Waals surface area contributed by atoms with Gasteiger partial charge in [0.2, 0.25) is 0 Å². The molecule has 0 aliphatic heterocycles. The molecule has 0 spiro atoms. The van der Waals surface area contributed by atoms with Crippen LogP contribution in [0.15, 0.2) is 0 Å². The van der Waals surface area contributed by atoms with Crippen LogP contribution < -0.4 is 5.32 Å². The predicted molar refractivity (Wildman–Crippen MR) is 108 cm³/mol. The van der Waals surface area contributed by atoms with E-state index in [1.54, 1.807) is 0 Å². The summed E-state index contributed by atoms with van der Waals surface area (Å²) < 4.78 is 0. The van der Waals surface area contributed by atoms with Crippen LogP contribution in [-0.2, 0) is 0 Å². The average molecular weight is 366 g/mol. The van der Waals surface area contributed by atoms with Crippen LogP contribution in [0.5, 0.6) is 0 Å². The number of halogens is 2. The Morgan fingerprint density at radius 3 is 0.826 bits per heavy atom. The lowest BCUT2D eigenvalue weighted by Gasteiger charge is -2.27. The molecule has 3 heteroatoms. The second-order valence-corrected chi connectivity index (χ2v) is 7.66. The minimum atomic E-state index is 0. The van der Waals surface area contributed by atoms with E-state index in [0.717, 1.165) is 12.1 Å². The number of rotatable bonds is 2. The van der Waals surface area contributed by atoms with Crippen molar-refractivity contribution in [2.24, 2.45) is 0 Å². The molecule has 1 nitrogen and oxygen atoms in total. The van der Waals surface area contributed by atoms with Crippen molar-refractivity contribution >= 4 is 24.8 Å². The lowest BCUT2D eigenvalue weighted by Crippen LogP contribution is -2.38. The van der Waals surface area contributed by atoms with Crippen molar-refractivity contribution in [3.8, 4) is 0 Å². The van der Waals surface area contributed by atoms with Gasteiger partial charge < -0.3 is 5.32 Å². The van der Waals surface area contributed by atoms with Gasteiger partial charge in [0.25, 0.3) is 0 Å². The van der Waals surface area contributed by atoms with E-state index in [9.17, 15) is 0 Å². The SMILES string of the molecule is C1CCCCC(NC2CCCCCCCCC2)CCCC1.Cl.Cl. The maximum absolute atomic E-state index is 4.09. The van der Waals surface area contributed by atoms with Crippen LogP contribution in [0, 0.1) is 0 Å². The molecule has 1 N–H and O–H groups in total. The zero-order valence-electron chi connectivity index (χ0n) is 15.2. The molecule has 0 radical (unpaired) electrons. The molecule has 140 valence electrons. The topological polar surface area (TPSA) is 12.0 Å². The molecule has 0 heterocycles.